The van der Waals surface area contributed by atoms with Crippen LogP contribution in [-0.2, 0) is 0 Å². The van der Waals surface area contributed by atoms with Crippen LogP contribution in [0.4, 0.5) is 0 Å². The van der Waals surface area contributed by atoms with Crippen LogP contribution in [0.1, 0.15) is 42.5 Å². The van der Waals surface area contributed by atoms with Crippen molar-refractivity contribution < 1.29 is 9.53 Å². The summed E-state index contributed by atoms with van der Waals surface area (Å²) in [4.78, 5) is 20.9. The molecule has 0 bridgehead atoms. The van der Waals surface area contributed by atoms with E-state index in [4.69, 9.17) is 16.3 Å². The lowest BCUT2D eigenvalue weighted by molar-refractivity contribution is 0.0789. The zero-order valence-electron chi connectivity index (χ0n) is 14.3. The zero-order valence-corrected chi connectivity index (χ0v) is 15.1. The quantitative estimate of drug-likeness (QED) is 0.722. The van der Waals surface area contributed by atoms with Crippen LogP contribution in [0.5, 0.6) is 5.88 Å². The Kier molecular flexibility index (Phi) is 5.95. The number of carbonyl (C=O) groups is 1. The number of rotatable bonds is 8. The molecule has 0 aromatic carbocycles. The van der Waals surface area contributed by atoms with Crippen LogP contribution >= 0.6 is 11.6 Å². The molecule has 2 fully saturated rings. The molecule has 2 aliphatic rings. The maximum absolute atomic E-state index is 12.5. The number of carbonyl (C=O) groups excluding carboxylic acids is 1. The van der Waals surface area contributed by atoms with Gasteiger partial charge < -0.3 is 14.5 Å². The second-order valence-corrected chi connectivity index (χ2v) is 7.30. The second kappa shape index (κ2) is 8.17. The summed E-state index contributed by atoms with van der Waals surface area (Å²) in [6.07, 6.45) is 7.59. The van der Waals surface area contributed by atoms with Crippen molar-refractivity contribution in [2.75, 3.05) is 39.8 Å². The molecule has 0 N–H and O–H groups in total. The molecular weight excluding hydrogens is 326 g/mol. The summed E-state index contributed by atoms with van der Waals surface area (Å²) in [5.74, 6) is 1.03. The Hall–Kier alpha value is -1.33. The molecular formula is C18H26ClN3O2. The molecule has 6 heteroatoms. The van der Waals surface area contributed by atoms with Gasteiger partial charge in [-0.15, -0.1) is 0 Å². The minimum absolute atomic E-state index is 0.0421. The lowest BCUT2D eigenvalue weighted by Gasteiger charge is -2.20. The number of amides is 1. The average Bonchev–Trinajstić information content (AvgIpc) is 3.27. The standard InChI is InChI=1S/C18H26ClN3O2/c1-21(7-4-10-22-8-2-3-9-22)18(23)15-11-16(19)17(20-12-15)24-13-14-5-6-14/h11-12,14H,2-10,13H2,1H3. The highest BCUT2D eigenvalue weighted by atomic mass is 35.5. The second-order valence-electron chi connectivity index (χ2n) is 6.89. The van der Waals surface area contributed by atoms with Gasteiger partial charge in [-0.2, -0.15) is 0 Å². The zero-order chi connectivity index (χ0) is 16.9. The summed E-state index contributed by atoms with van der Waals surface area (Å²) in [5.41, 5.74) is 0.516. The average molecular weight is 352 g/mol. The number of aromatic nitrogens is 1. The molecule has 1 amide bonds. The van der Waals surface area contributed by atoms with E-state index in [9.17, 15) is 4.79 Å². The summed E-state index contributed by atoms with van der Waals surface area (Å²) in [5, 5.41) is 0.409. The minimum atomic E-state index is -0.0421. The van der Waals surface area contributed by atoms with E-state index < -0.39 is 0 Å². The lowest BCUT2D eigenvalue weighted by atomic mass is 10.2. The number of hydrogen-bond acceptors (Lipinski definition) is 4. The predicted octanol–water partition coefficient (Wildman–Crippen LogP) is 3.08. The first kappa shape index (κ1) is 17.5. The molecule has 2 heterocycles. The molecule has 1 aliphatic carbocycles. The van der Waals surface area contributed by atoms with E-state index in [1.165, 1.54) is 38.8 Å². The third kappa shape index (κ3) is 4.84. The number of halogens is 1. The first-order valence-corrected chi connectivity index (χ1v) is 9.27. The van der Waals surface area contributed by atoms with Crippen LogP contribution in [0.3, 0.4) is 0 Å². The molecule has 0 unspecified atom stereocenters. The Morgan fingerprint density at radius 2 is 2.17 bits per heavy atom. The minimum Gasteiger partial charge on any atom is -0.476 e. The van der Waals surface area contributed by atoms with Gasteiger partial charge in [0.15, 0.2) is 0 Å². The van der Waals surface area contributed by atoms with Gasteiger partial charge in [0.05, 0.1) is 12.2 Å². The summed E-state index contributed by atoms with van der Waals surface area (Å²) in [6, 6.07) is 1.66. The molecule has 1 saturated heterocycles. The van der Waals surface area contributed by atoms with Crippen molar-refractivity contribution in [1.82, 2.24) is 14.8 Å². The molecule has 0 spiro atoms. The third-order valence-electron chi connectivity index (χ3n) is 4.72. The molecule has 1 aromatic heterocycles. The van der Waals surface area contributed by atoms with Crippen LogP contribution in [0.2, 0.25) is 5.02 Å². The van der Waals surface area contributed by atoms with Gasteiger partial charge in [-0.3, -0.25) is 4.79 Å². The molecule has 24 heavy (non-hydrogen) atoms. The van der Waals surface area contributed by atoms with Gasteiger partial charge in [0.25, 0.3) is 5.91 Å². The molecule has 0 atom stereocenters. The van der Waals surface area contributed by atoms with E-state index in [2.05, 4.69) is 9.88 Å². The Labute approximate surface area is 148 Å². The van der Waals surface area contributed by atoms with Crippen LogP contribution in [-0.4, -0.2) is 60.5 Å². The summed E-state index contributed by atoms with van der Waals surface area (Å²) in [6.45, 7) is 4.85. The van der Waals surface area contributed by atoms with Gasteiger partial charge in [0, 0.05) is 19.8 Å². The van der Waals surface area contributed by atoms with E-state index in [1.54, 1.807) is 17.2 Å². The molecule has 1 aromatic rings. The predicted molar refractivity (Wildman–Crippen MR) is 94.7 cm³/mol. The first-order valence-electron chi connectivity index (χ1n) is 8.89. The molecule has 0 radical (unpaired) electrons. The molecule has 1 aliphatic heterocycles. The number of likely N-dealkylation sites (tertiary alicyclic amines) is 1. The van der Waals surface area contributed by atoms with Crippen molar-refractivity contribution in [1.29, 1.82) is 0 Å². The van der Waals surface area contributed by atoms with Crippen molar-refractivity contribution in [2.24, 2.45) is 5.92 Å². The number of ether oxygens (including phenoxy) is 1. The molecule has 132 valence electrons. The van der Waals surface area contributed by atoms with E-state index in [1.807, 2.05) is 7.05 Å². The molecule has 3 rings (SSSR count). The van der Waals surface area contributed by atoms with Gasteiger partial charge in [-0.05, 0) is 63.7 Å². The monoisotopic (exact) mass is 351 g/mol. The highest BCUT2D eigenvalue weighted by molar-refractivity contribution is 6.32. The summed E-state index contributed by atoms with van der Waals surface area (Å²) >= 11 is 6.21. The Bertz CT molecular complexity index is 571. The Balaban J connectivity index is 1.48. The number of nitrogens with zero attached hydrogens (tertiary/aromatic N) is 3. The van der Waals surface area contributed by atoms with E-state index >= 15 is 0 Å². The largest absolute Gasteiger partial charge is 0.476 e. The molecule has 5 nitrogen and oxygen atoms in total. The first-order chi connectivity index (χ1) is 11.6. The fraction of sp³-hybridized carbons (Fsp3) is 0.667. The van der Waals surface area contributed by atoms with E-state index in [0.717, 1.165) is 19.5 Å². The van der Waals surface area contributed by atoms with Gasteiger partial charge in [0.1, 0.15) is 5.02 Å². The van der Waals surface area contributed by atoms with Gasteiger partial charge in [0.2, 0.25) is 5.88 Å². The highest BCUT2D eigenvalue weighted by Gasteiger charge is 2.23. The summed E-state index contributed by atoms with van der Waals surface area (Å²) < 4.78 is 5.60. The normalized spacial score (nSPS) is 17.9. The molecule has 1 saturated carbocycles. The SMILES string of the molecule is CN(CCCN1CCCC1)C(=O)c1cnc(OCC2CC2)c(Cl)c1. The van der Waals surface area contributed by atoms with Gasteiger partial charge in [-0.1, -0.05) is 11.6 Å². The van der Waals surface area contributed by atoms with Gasteiger partial charge >= 0.3 is 0 Å². The van der Waals surface area contributed by atoms with Crippen molar-refractivity contribution in [3.8, 4) is 5.88 Å². The van der Waals surface area contributed by atoms with Gasteiger partial charge in [-0.25, -0.2) is 4.98 Å². The van der Waals surface area contributed by atoms with Crippen molar-refractivity contribution >= 4 is 17.5 Å². The highest BCUT2D eigenvalue weighted by Crippen LogP contribution is 2.31. The van der Waals surface area contributed by atoms with Crippen LogP contribution in [0.15, 0.2) is 12.3 Å². The maximum atomic E-state index is 12.5. The fourth-order valence-electron chi connectivity index (χ4n) is 2.99. The van der Waals surface area contributed by atoms with E-state index in [0.29, 0.717) is 29.0 Å². The Morgan fingerprint density at radius 1 is 1.42 bits per heavy atom. The lowest BCUT2D eigenvalue weighted by Crippen LogP contribution is -2.30. The van der Waals surface area contributed by atoms with Crippen molar-refractivity contribution in [2.45, 2.75) is 32.1 Å². The number of hydrogen-bond donors (Lipinski definition) is 0. The van der Waals surface area contributed by atoms with Crippen LogP contribution in [0, 0.1) is 5.92 Å². The van der Waals surface area contributed by atoms with Crippen LogP contribution in [0.25, 0.3) is 0 Å². The van der Waals surface area contributed by atoms with E-state index in [-0.39, 0.29) is 5.91 Å². The third-order valence-corrected chi connectivity index (χ3v) is 4.99. The summed E-state index contributed by atoms with van der Waals surface area (Å²) in [7, 11) is 1.83. The Morgan fingerprint density at radius 3 is 2.83 bits per heavy atom. The van der Waals surface area contributed by atoms with Crippen molar-refractivity contribution in [3.05, 3.63) is 22.8 Å². The smallest absolute Gasteiger partial charge is 0.255 e. The van der Waals surface area contributed by atoms with Crippen LogP contribution < -0.4 is 4.74 Å². The fourth-order valence-corrected chi connectivity index (χ4v) is 3.21. The topological polar surface area (TPSA) is 45.7 Å². The number of pyridine rings is 1. The maximum Gasteiger partial charge on any atom is 0.255 e. The van der Waals surface area contributed by atoms with Crippen molar-refractivity contribution in [3.63, 3.8) is 0 Å².